The fourth-order valence-electron chi connectivity index (χ4n) is 1.80. The van der Waals surface area contributed by atoms with Crippen molar-refractivity contribution < 1.29 is 38.1 Å². The second-order valence-electron chi connectivity index (χ2n) is 5.10. The van der Waals surface area contributed by atoms with Gasteiger partial charge in [-0.1, -0.05) is 71.7 Å². The van der Waals surface area contributed by atoms with E-state index in [-0.39, 0.29) is 23.3 Å². The fraction of sp³-hybridized carbons (Fsp3) is 0.222. The maximum Gasteiger partial charge on any atom is 0.344 e. The van der Waals surface area contributed by atoms with E-state index >= 15 is 0 Å². The average molecular weight is 500 g/mol. The molecule has 1 aromatic rings. The summed E-state index contributed by atoms with van der Waals surface area (Å²) in [7, 11) is 0. The molecule has 0 aliphatic rings. The lowest BCUT2D eigenvalue weighted by Gasteiger charge is -2.15. The lowest BCUT2D eigenvalue weighted by atomic mass is 10.1. The van der Waals surface area contributed by atoms with E-state index in [4.69, 9.17) is 55.9 Å². The zero-order valence-electron chi connectivity index (χ0n) is 15.2. The van der Waals surface area contributed by atoms with Gasteiger partial charge in [0, 0.05) is 0 Å². The van der Waals surface area contributed by atoms with Crippen molar-refractivity contribution in [3.8, 4) is 0 Å². The van der Waals surface area contributed by atoms with Gasteiger partial charge in [0.25, 0.3) is 0 Å². The molecule has 0 saturated carbocycles. The Hall–Kier alpha value is -2.26. The monoisotopic (exact) mass is 498 g/mol. The molecule has 162 valence electrons. The highest BCUT2D eigenvalue weighted by Gasteiger charge is 2.31. The van der Waals surface area contributed by atoms with Crippen LogP contribution < -0.4 is 0 Å². The number of hydrogen-bond donors (Lipinski definition) is 0. The number of benzene rings is 1. The van der Waals surface area contributed by atoms with Crippen LogP contribution in [0.1, 0.15) is 20.7 Å². The maximum atomic E-state index is 12.5. The first-order valence-corrected chi connectivity index (χ1v) is 9.40. The van der Waals surface area contributed by atoms with Crippen LogP contribution >= 0.6 is 46.4 Å². The van der Waals surface area contributed by atoms with Crippen LogP contribution in [0.4, 0.5) is 0 Å². The Morgan fingerprint density at radius 1 is 0.633 bits per heavy atom. The Kier molecular flexibility index (Phi) is 10.7. The van der Waals surface area contributed by atoms with Crippen molar-refractivity contribution in [1.29, 1.82) is 0 Å². The summed E-state index contributed by atoms with van der Waals surface area (Å²) in [4.78, 5) is 47.9. The first-order valence-electron chi connectivity index (χ1n) is 7.88. The molecular formula is C18H14Cl4O8. The summed E-state index contributed by atoms with van der Waals surface area (Å²) < 4.78 is 18.9. The van der Waals surface area contributed by atoms with E-state index in [0.29, 0.717) is 0 Å². The lowest BCUT2D eigenvalue weighted by molar-refractivity contribution is -0.146. The van der Waals surface area contributed by atoms with Crippen molar-refractivity contribution in [3.63, 3.8) is 0 Å². The summed E-state index contributed by atoms with van der Waals surface area (Å²) in [6.07, 6.45) is 2.62. The summed E-state index contributed by atoms with van der Waals surface area (Å²) in [5.74, 6) is -4.26. The molecular weight excluding hydrogens is 486 g/mol. The molecule has 0 amide bonds. The molecule has 12 heteroatoms. The molecule has 30 heavy (non-hydrogen) atoms. The Labute approximate surface area is 191 Å². The number of rotatable bonds is 10. The average Bonchev–Trinajstić information content (AvgIpc) is 2.73. The molecule has 0 unspecified atom stereocenters. The summed E-state index contributed by atoms with van der Waals surface area (Å²) in [6.45, 7) is 4.91. The molecule has 0 spiro atoms. The third kappa shape index (κ3) is 6.91. The highest BCUT2D eigenvalue weighted by molar-refractivity contribution is 6.54. The normalized spacial score (nSPS) is 10.0. The summed E-state index contributed by atoms with van der Waals surface area (Å²) in [5, 5.41) is -1.63. The number of halogens is 4. The molecule has 0 N–H and O–H groups in total. The van der Waals surface area contributed by atoms with E-state index in [1.54, 1.807) is 0 Å². The largest absolute Gasteiger partial charge is 0.459 e. The van der Waals surface area contributed by atoms with Crippen LogP contribution in [0.2, 0.25) is 20.1 Å². The number of ether oxygens (including phenoxy) is 4. The molecule has 1 aromatic carbocycles. The summed E-state index contributed by atoms with van der Waals surface area (Å²) >= 11 is 23.9. The molecule has 0 fully saturated rings. The highest BCUT2D eigenvalue weighted by Crippen LogP contribution is 2.42. The fourth-order valence-corrected chi connectivity index (χ4v) is 2.80. The van der Waals surface area contributed by atoms with Crippen LogP contribution in [0.25, 0.3) is 0 Å². The number of carbonyl (C=O) groups is 4. The maximum absolute atomic E-state index is 12.5. The van der Waals surface area contributed by atoms with E-state index in [9.17, 15) is 19.2 Å². The third-order valence-electron chi connectivity index (χ3n) is 3.04. The molecule has 8 nitrogen and oxygen atoms in total. The zero-order valence-corrected chi connectivity index (χ0v) is 18.2. The predicted octanol–water partition coefficient (Wildman–Crippen LogP) is 4.07. The molecule has 0 aliphatic heterocycles. The minimum atomic E-state index is -1.24. The topological polar surface area (TPSA) is 105 Å². The van der Waals surface area contributed by atoms with E-state index < -0.39 is 58.3 Å². The van der Waals surface area contributed by atoms with Gasteiger partial charge in [0.05, 0.1) is 31.2 Å². The van der Waals surface area contributed by atoms with Crippen LogP contribution in [0.15, 0.2) is 25.3 Å². The Balaban J connectivity index is 3.16. The van der Waals surface area contributed by atoms with Gasteiger partial charge in [0.15, 0.2) is 13.2 Å². The molecule has 0 bridgehead atoms. The van der Waals surface area contributed by atoms with Crippen molar-refractivity contribution >= 4 is 70.3 Å². The summed E-state index contributed by atoms with van der Waals surface area (Å²) in [6, 6.07) is 0. The third-order valence-corrected chi connectivity index (χ3v) is 4.84. The molecule has 0 radical (unpaired) electrons. The Bertz CT molecular complexity index is 811. The highest BCUT2D eigenvalue weighted by atomic mass is 35.5. The molecule has 0 atom stereocenters. The molecule has 0 aromatic heterocycles. The number of esters is 4. The van der Waals surface area contributed by atoms with Gasteiger partial charge in [0.2, 0.25) is 0 Å². The first kappa shape index (κ1) is 25.8. The first-order chi connectivity index (χ1) is 14.1. The zero-order chi connectivity index (χ0) is 22.8. The lowest BCUT2D eigenvalue weighted by Crippen LogP contribution is -2.22. The van der Waals surface area contributed by atoms with Crippen LogP contribution in [0.5, 0.6) is 0 Å². The van der Waals surface area contributed by atoms with Crippen molar-refractivity contribution in [2.24, 2.45) is 0 Å². The predicted molar refractivity (Wildman–Crippen MR) is 109 cm³/mol. The SMILES string of the molecule is C=CCOC(=O)COC(=O)c1c(Cl)c(Cl)c(Cl)c(Cl)c1C(=O)OCC(=O)OCC=C. The van der Waals surface area contributed by atoms with Gasteiger partial charge in [-0.2, -0.15) is 0 Å². The van der Waals surface area contributed by atoms with E-state index in [2.05, 4.69) is 22.6 Å². The second kappa shape index (κ2) is 12.4. The molecule has 1 rings (SSSR count). The van der Waals surface area contributed by atoms with Crippen LogP contribution in [-0.4, -0.2) is 50.3 Å². The minimum absolute atomic E-state index is 0.102. The molecule has 0 aliphatic carbocycles. The van der Waals surface area contributed by atoms with Crippen molar-refractivity contribution in [1.82, 2.24) is 0 Å². The van der Waals surface area contributed by atoms with Gasteiger partial charge in [0.1, 0.15) is 13.2 Å². The van der Waals surface area contributed by atoms with Gasteiger partial charge < -0.3 is 18.9 Å². The molecule has 0 heterocycles. The Morgan fingerprint density at radius 2 is 0.967 bits per heavy atom. The number of carbonyl (C=O) groups excluding carboxylic acids is 4. The standard InChI is InChI=1S/C18H14Cl4O8/c1-3-5-27-9(23)7-29-17(25)11-12(14(20)16(22)15(21)13(11)19)18(26)30-8-10(24)28-6-4-2/h3-4H,1-2,5-8H2. The van der Waals surface area contributed by atoms with E-state index in [1.165, 1.54) is 12.2 Å². The van der Waals surface area contributed by atoms with E-state index in [1.807, 2.05) is 0 Å². The van der Waals surface area contributed by atoms with Crippen molar-refractivity contribution in [2.45, 2.75) is 0 Å². The van der Waals surface area contributed by atoms with Gasteiger partial charge in [-0.15, -0.1) is 0 Å². The second-order valence-corrected chi connectivity index (χ2v) is 6.61. The van der Waals surface area contributed by atoms with Crippen LogP contribution in [0, 0.1) is 0 Å². The van der Waals surface area contributed by atoms with Crippen molar-refractivity contribution in [2.75, 3.05) is 26.4 Å². The quantitative estimate of drug-likeness (QED) is 0.156. The van der Waals surface area contributed by atoms with Crippen molar-refractivity contribution in [3.05, 3.63) is 56.5 Å². The van der Waals surface area contributed by atoms with Crippen LogP contribution in [0.3, 0.4) is 0 Å². The van der Waals surface area contributed by atoms with Gasteiger partial charge in [-0.05, 0) is 0 Å². The van der Waals surface area contributed by atoms with E-state index in [0.717, 1.165) is 0 Å². The van der Waals surface area contributed by atoms with Crippen LogP contribution in [-0.2, 0) is 28.5 Å². The smallest absolute Gasteiger partial charge is 0.344 e. The van der Waals surface area contributed by atoms with Gasteiger partial charge in [-0.25, -0.2) is 19.2 Å². The minimum Gasteiger partial charge on any atom is -0.459 e. The number of hydrogen-bond acceptors (Lipinski definition) is 8. The molecule has 0 saturated heterocycles. The summed E-state index contributed by atoms with van der Waals surface area (Å²) in [5.41, 5.74) is -1.23. The van der Waals surface area contributed by atoms with Gasteiger partial charge in [-0.3, -0.25) is 0 Å². The Morgan fingerprint density at radius 3 is 1.27 bits per heavy atom. The van der Waals surface area contributed by atoms with Gasteiger partial charge >= 0.3 is 23.9 Å².